The first-order valence-corrected chi connectivity index (χ1v) is 5.79. The van der Waals surface area contributed by atoms with Crippen molar-refractivity contribution in [2.24, 2.45) is 5.92 Å². The fraction of sp³-hybridized carbons (Fsp3) is 0.667. The minimum atomic E-state index is 0.375. The molecule has 0 fully saturated rings. The highest BCUT2D eigenvalue weighted by molar-refractivity contribution is 5.01. The molecule has 0 amide bonds. The molecule has 1 rings (SSSR count). The summed E-state index contributed by atoms with van der Waals surface area (Å²) in [5, 5.41) is 3.47. The van der Waals surface area contributed by atoms with Gasteiger partial charge in [-0.05, 0) is 12.8 Å². The van der Waals surface area contributed by atoms with E-state index in [9.17, 15) is 0 Å². The van der Waals surface area contributed by atoms with Gasteiger partial charge in [0.2, 0.25) is 0 Å². The highest BCUT2D eigenvalue weighted by atomic mass is 16.5. The Morgan fingerprint density at radius 2 is 2.00 bits per heavy atom. The fourth-order valence-electron chi connectivity index (χ4n) is 1.40. The lowest BCUT2D eigenvalue weighted by Gasteiger charge is -2.22. The average Bonchev–Trinajstić information content (AvgIpc) is 2.30. The molecule has 4 heteroatoms. The molecule has 0 saturated carbocycles. The van der Waals surface area contributed by atoms with Crippen molar-refractivity contribution in [3.05, 3.63) is 24.3 Å². The molecule has 0 aromatic carbocycles. The zero-order valence-electron chi connectivity index (χ0n) is 10.3. The summed E-state index contributed by atoms with van der Waals surface area (Å²) in [6.45, 7) is 8.71. The Morgan fingerprint density at radius 3 is 2.56 bits per heavy atom. The number of hydrogen-bond acceptors (Lipinski definition) is 4. The molecule has 4 nitrogen and oxygen atoms in total. The zero-order chi connectivity index (χ0) is 11.8. The third kappa shape index (κ3) is 4.68. The van der Waals surface area contributed by atoms with E-state index in [1.807, 2.05) is 19.3 Å². The first-order chi connectivity index (χ1) is 7.74. The van der Waals surface area contributed by atoms with Crippen LogP contribution in [0.1, 0.15) is 26.3 Å². The van der Waals surface area contributed by atoms with Gasteiger partial charge in [-0.15, -0.1) is 0 Å². The topological polar surface area (TPSA) is 47.0 Å². The second-order valence-electron chi connectivity index (χ2n) is 4.14. The minimum Gasteiger partial charge on any atom is -0.380 e. The van der Waals surface area contributed by atoms with Crippen molar-refractivity contribution < 1.29 is 4.74 Å². The van der Waals surface area contributed by atoms with Crippen LogP contribution in [0.5, 0.6) is 0 Å². The standard InChI is InChI=1S/C12H21N3O/c1-4-16-8-12(10(2)3)15-7-11-5-13-9-14-6-11/h5-6,9-10,12,15H,4,7-8H2,1-3H3. The maximum Gasteiger partial charge on any atom is 0.115 e. The van der Waals surface area contributed by atoms with Crippen LogP contribution in [0.3, 0.4) is 0 Å². The van der Waals surface area contributed by atoms with Gasteiger partial charge in [-0.2, -0.15) is 0 Å². The molecule has 0 saturated heterocycles. The Kier molecular flexibility index (Phi) is 5.96. The van der Waals surface area contributed by atoms with Crippen LogP contribution in [-0.4, -0.2) is 29.2 Å². The highest BCUT2D eigenvalue weighted by Crippen LogP contribution is 2.04. The summed E-state index contributed by atoms with van der Waals surface area (Å²) in [6.07, 6.45) is 5.21. The SMILES string of the molecule is CCOCC(NCc1cncnc1)C(C)C. The van der Waals surface area contributed by atoms with E-state index in [1.165, 1.54) is 0 Å². The van der Waals surface area contributed by atoms with Gasteiger partial charge in [0, 0.05) is 37.2 Å². The predicted octanol–water partition coefficient (Wildman–Crippen LogP) is 1.63. The van der Waals surface area contributed by atoms with Crippen molar-refractivity contribution in [2.75, 3.05) is 13.2 Å². The Bertz CT molecular complexity index is 277. The maximum absolute atomic E-state index is 5.45. The van der Waals surface area contributed by atoms with Crippen LogP contribution in [0.4, 0.5) is 0 Å². The lowest BCUT2D eigenvalue weighted by atomic mass is 10.1. The van der Waals surface area contributed by atoms with Gasteiger partial charge in [0.25, 0.3) is 0 Å². The van der Waals surface area contributed by atoms with Crippen LogP contribution < -0.4 is 5.32 Å². The number of nitrogens with one attached hydrogen (secondary N) is 1. The molecule has 0 aliphatic carbocycles. The van der Waals surface area contributed by atoms with Crippen LogP contribution >= 0.6 is 0 Å². The largest absolute Gasteiger partial charge is 0.380 e. The Labute approximate surface area is 97.5 Å². The van der Waals surface area contributed by atoms with Gasteiger partial charge in [0.15, 0.2) is 0 Å². The summed E-state index contributed by atoms with van der Waals surface area (Å²) in [6, 6.07) is 0.375. The van der Waals surface area contributed by atoms with Crippen molar-refractivity contribution >= 4 is 0 Å². The van der Waals surface area contributed by atoms with E-state index in [1.54, 1.807) is 6.33 Å². The first kappa shape index (κ1) is 13.1. The summed E-state index contributed by atoms with van der Waals surface area (Å²) < 4.78 is 5.45. The summed E-state index contributed by atoms with van der Waals surface area (Å²) in [5.74, 6) is 0.552. The van der Waals surface area contributed by atoms with E-state index in [4.69, 9.17) is 4.74 Å². The van der Waals surface area contributed by atoms with E-state index in [2.05, 4.69) is 29.1 Å². The summed E-state index contributed by atoms with van der Waals surface area (Å²) in [5.41, 5.74) is 1.10. The van der Waals surface area contributed by atoms with Crippen LogP contribution in [-0.2, 0) is 11.3 Å². The molecular weight excluding hydrogens is 202 g/mol. The molecule has 0 aliphatic heterocycles. The number of nitrogens with zero attached hydrogens (tertiary/aromatic N) is 2. The molecule has 1 aromatic heterocycles. The summed E-state index contributed by atoms with van der Waals surface area (Å²) >= 11 is 0. The van der Waals surface area contributed by atoms with E-state index in [-0.39, 0.29) is 0 Å². The van der Waals surface area contributed by atoms with E-state index in [0.29, 0.717) is 12.0 Å². The first-order valence-electron chi connectivity index (χ1n) is 5.79. The van der Waals surface area contributed by atoms with Crippen LogP contribution in [0.25, 0.3) is 0 Å². The fourth-order valence-corrected chi connectivity index (χ4v) is 1.40. The molecule has 1 unspecified atom stereocenters. The second-order valence-corrected chi connectivity index (χ2v) is 4.14. The third-order valence-electron chi connectivity index (χ3n) is 2.49. The van der Waals surface area contributed by atoms with Gasteiger partial charge in [-0.1, -0.05) is 13.8 Å². The molecule has 0 bridgehead atoms. The molecule has 1 N–H and O–H groups in total. The number of ether oxygens (including phenoxy) is 1. The summed E-state index contributed by atoms with van der Waals surface area (Å²) in [7, 11) is 0. The lowest BCUT2D eigenvalue weighted by Crippen LogP contribution is -2.37. The predicted molar refractivity (Wildman–Crippen MR) is 64.0 cm³/mol. The smallest absolute Gasteiger partial charge is 0.115 e. The molecule has 0 aliphatic rings. The van der Waals surface area contributed by atoms with Gasteiger partial charge in [0.05, 0.1) is 6.61 Å². The van der Waals surface area contributed by atoms with Gasteiger partial charge in [0.1, 0.15) is 6.33 Å². The van der Waals surface area contributed by atoms with Gasteiger partial charge in [-0.25, -0.2) is 9.97 Å². The Hall–Kier alpha value is -1.00. The van der Waals surface area contributed by atoms with Crippen molar-refractivity contribution in [1.29, 1.82) is 0 Å². The molecule has 1 aromatic rings. The minimum absolute atomic E-state index is 0.375. The van der Waals surface area contributed by atoms with Crippen LogP contribution in [0, 0.1) is 5.92 Å². The van der Waals surface area contributed by atoms with E-state index < -0.39 is 0 Å². The molecule has 0 radical (unpaired) electrons. The maximum atomic E-state index is 5.45. The number of hydrogen-bond donors (Lipinski definition) is 1. The lowest BCUT2D eigenvalue weighted by molar-refractivity contribution is 0.108. The van der Waals surface area contributed by atoms with Crippen LogP contribution in [0.2, 0.25) is 0 Å². The highest BCUT2D eigenvalue weighted by Gasteiger charge is 2.12. The van der Waals surface area contributed by atoms with E-state index >= 15 is 0 Å². The zero-order valence-corrected chi connectivity index (χ0v) is 10.3. The van der Waals surface area contributed by atoms with Crippen molar-refractivity contribution in [3.63, 3.8) is 0 Å². The third-order valence-corrected chi connectivity index (χ3v) is 2.49. The second kappa shape index (κ2) is 7.30. The monoisotopic (exact) mass is 223 g/mol. The Morgan fingerprint density at radius 1 is 1.31 bits per heavy atom. The molecule has 0 spiro atoms. The van der Waals surface area contributed by atoms with Gasteiger partial charge >= 0.3 is 0 Å². The molecule has 1 heterocycles. The van der Waals surface area contributed by atoms with Crippen molar-refractivity contribution in [2.45, 2.75) is 33.4 Å². The molecule has 1 atom stereocenters. The number of rotatable bonds is 7. The van der Waals surface area contributed by atoms with Gasteiger partial charge in [-0.3, -0.25) is 0 Å². The summed E-state index contributed by atoms with van der Waals surface area (Å²) in [4.78, 5) is 7.97. The normalized spacial score (nSPS) is 13.0. The molecular formula is C12H21N3O. The average molecular weight is 223 g/mol. The molecule has 16 heavy (non-hydrogen) atoms. The number of aromatic nitrogens is 2. The van der Waals surface area contributed by atoms with Crippen molar-refractivity contribution in [3.8, 4) is 0 Å². The Balaban J connectivity index is 2.38. The van der Waals surface area contributed by atoms with Crippen molar-refractivity contribution in [1.82, 2.24) is 15.3 Å². The van der Waals surface area contributed by atoms with Crippen LogP contribution in [0.15, 0.2) is 18.7 Å². The van der Waals surface area contributed by atoms with E-state index in [0.717, 1.165) is 25.3 Å². The quantitative estimate of drug-likeness (QED) is 0.763. The van der Waals surface area contributed by atoms with Gasteiger partial charge < -0.3 is 10.1 Å². The molecule has 90 valence electrons.